The number of anilines is 2. The highest BCUT2D eigenvalue weighted by Gasteiger charge is 2.51. The summed E-state index contributed by atoms with van der Waals surface area (Å²) in [5.41, 5.74) is 3.32. The van der Waals surface area contributed by atoms with E-state index in [-0.39, 0.29) is 24.0 Å². The molecule has 2 aliphatic rings. The summed E-state index contributed by atoms with van der Waals surface area (Å²) in [6, 6.07) is 16.6. The second-order valence-electron chi connectivity index (χ2n) is 9.70. The first-order valence-electron chi connectivity index (χ1n) is 11.4. The third-order valence-electron chi connectivity index (χ3n) is 7.11. The van der Waals surface area contributed by atoms with Crippen LogP contribution in [0.15, 0.2) is 59.7 Å². The summed E-state index contributed by atoms with van der Waals surface area (Å²) in [6.07, 6.45) is 1.49. The maximum absolute atomic E-state index is 11.7. The molecule has 0 aliphatic carbocycles. The predicted molar refractivity (Wildman–Crippen MR) is 131 cm³/mol. The van der Waals surface area contributed by atoms with E-state index < -0.39 is 0 Å². The van der Waals surface area contributed by atoms with Crippen LogP contribution in [0.25, 0.3) is 5.69 Å². The largest absolute Gasteiger partial charge is 0.494 e. The van der Waals surface area contributed by atoms with Gasteiger partial charge in [0.1, 0.15) is 6.33 Å². The van der Waals surface area contributed by atoms with Crippen molar-refractivity contribution in [1.82, 2.24) is 14.8 Å². The van der Waals surface area contributed by atoms with Crippen LogP contribution in [0.5, 0.6) is 0 Å². The van der Waals surface area contributed by atoms with Gasteiger partial charge in [-0.05, 0) is 69.6 Å². The number of hydrogen-bond acceptors (Lipinski definition) is 6. The first-order chi connectivity index (χ1) is 15.7. The van der Waals surface area contributed by atoms with E-state index in [1.54, 1.807) is 0 Å². The molecule has 3 heterocycles. The van der Waals surface area contributed by atoms with Crippen LogP contribution in [0.1, 0.15) is 27.7 Å². The van der Waals surface area contributed by atoms with Gasteiger partial charge in [0.15, 0.2) is 0 Å². The number of rotatable bonds is 4. The Balaban J connectivity index is 1.20. The van der Waals surface area contributed by atoms with Crippen LogP contribution in [0.4, 0.5) is 11.4 Å². The molecule has 2 fully saturated rings. The number of piperazine rings is 1. The summed E-state index contributed by atoms with van der Waals surface area (Å²) in [5.74, 6) is 0. The summed E-state index contributed by atoms with van der Waals surface area (Å²) < 4.78 is 13.8. The van der Waals surface area contributed by atoms with Crippen molar-refractivity contribution in [2.45, 2.75) is 38.9 Å². The van der Waals surface area contributed by atoms with Gasteiger partial charge in [0.05, 0.1) is 16.9 Å². The van der Waals surface area contributed by atoms with Gasteiger partial charge in [-0.3, -0.25) is 0 Å². The number of nitrogens with zero attached hydrogens (tertiary/aromatic N) is 4. The van der Waals surface area contributed by atoms with Gasteiger partial charge in [-0.1, -0.05) is 12.1 Å². The van der Waals surface area contributed by atoms with Gasteiger partial charge in [-0.15, -0.1) is 0 Å². The molecule has 33 heavy (non-hydrogen) atoms. The van der Waals surface area contributed by atoms with Crippen molar-refractivity contribution in [2.24, 2.45) is 0 Å². The van der Waals surface area contributed by atoms with Crippen molar-refractivity contribution in [3.8, 4) is 5.69 Å². The average molecular weight is 447 g/mol. The smallest absolute Gasteiger partial charge is 0.399 e. The monoisotopic (exact) mass is 447 g/mol. The SMILES string of the molecule is CC1(C)OB(c2ccc(N3CCN(c4ccc(-n5cn[nH]c5=O)cc4)CC3)cc2)OC1(C)C. The highest BCUT2D eigenvalue weighted by Crippen LogP contribution is 2.36. The Bertz CT molecular complexity index is 1150. The summed E-state index contributed by atoms with van der Waals surface area (Å²) in [6.45, 7) is 12.1. The van der Waals surface area contributed by atoms with E-state index in [0.29, 0.717) is 0 Å². The number of nitrogens with one attached hydrogen (secondary N) is 1. The normalized spacial score (nSPS) is 19.8. The molecule has 2 saturated heterocycles. The third-order valence-corrected chi connectivity index (χ3v) is 7.11. The van der Waals surface area contributed by atoms with Crippen molar-refractivity contribution in [1.29, 1.82) is 0 Å². The van der Waals surface area contributed by atoms with Gasteiger partial charge in [-0.2, -0.15) is 5.10 Å². The Morgan fingerprint density at radius 3 is 1.70 bits per heavy atom. The fraction of sp³-hybridized carbons (Fsp3) is 0.417. The van der Waals surface area contributed by atoms with Gasteiger partial charge in [0.2, 0.25) is 0 Å². The molecule has 2 aromatic carbocycles. The lowest BCUT2D eigenvalue weighted by Crippen LogP contribution is -2.46. The Morgan fingerprint density at radius 1 is 0.788 bits per heavy atom. The van der Waals surface area contributed by atoms with Gasteiger partial charge in [0, 0.05) is 37.6 Å². The van der Waals surface area contributed by atoms with Crippen LogP contribution in [0.2, 0.25) is 0 Å². The third kappa shape index (κ3) is 4.07. The minimum Gasteiger partial charge on any atom is -0.399 e. The number of H-pyrrole nitrogens is 1. The molecular weight excluding hydrogens is 417 g/mol. The summed E-state index contributed by atoms with van der Waals surface area (Å²) in [7, 11) is -0.332. The van der Waals surface area contributed by atoms with Crippen LogP contribution in [-0.4, -0.2) is 59.3 Å². The minimum atomic E-state index is -0.334. The zero-order valence-electron chi connectivity index (χ0n) is 19.6. The molecule has 1 aromatic heterocycles. The zero-order chi connectivity index (χ0) is 23.2. The number of benzene rings is 2. The molecule has 0 spiro atoms. The van der Waals surface area contributed by atoms with Crippen LogP contribution in [0.3, 0.4) is 0 Å². The molecule has 8 nitrogen and oxygen atoms in total. The molecule has 0 amide bonds. The standard InChI is InChI=1S/C24H30BN5O3/c1-23(2)24(3,4)33-25(32-23)18-5-7-19(8-6-18)28-13-15-29(16-14-28)20-9-11-21(12-10-20)30-17-26-27-22(30)31/h5-12,17H,13-16H2,1-4H3,(H,27,31). The molecule has 0 radical (unpaired) electrons. The lowest BCUT2D eigenvalue weighted by atomic mass is 9.79. The molecule has 9 heteroatoms. The second kappa shape index (κ2) is 8.07. The molecule has 172 valence electrons. The second-order valence-corrected chi connectivity index (χ2v) is 9.70. The van der Waals surface area contributed by atoms with Gasteiger partial charge in [-0.25, -0.2) is 14.5 Å². The Hall–Kier alpha value is -3.04. The fourth-order valence-electron chi connectivity index (χ4n) is 4.30. The molecule has 5 rings (SSSR count). The Morgan fingerprint density at radius 2 is 1.24 bits per heavy atom. The Labute approximate surface area is 194 Å². The minimum absolute atomic E-state index is 0.235. The number of aromatic amines is 1. The molecule has 0 bridgehead atoms. The molecule has 3 aromatic rings. The van der Waals surface area contributed by atoms with E-state index in [0.717, 1.165) is 43.0 Å². The molecule has 0 saturated carbocycles. The van der Waals surface area contributed by atoms with Gasteiger partial charge in [0.25, 0.3) is 0 Å². The van der Waals surface area contributed by atoms with E-state index in [4.69, 9.17) is 9.31 Å². The van der Waals surface area contributed by atoms with E-state index >= 15 is 0 Å². The Kier molecular flexibility index (Phi) is 5.33. The van der Waals surface area contributed by atoms with Gasteiger partial charge >= 0.3 is 12.8 Å². The molecule has 1 N–H and O–H groups in total. The van der Waals surface area contributed by atoms with Crippen molar-refractivity contribution >= 4 is 24.0 Å². The van der Waals surface area contributed by atoms with Crippen LogP contribution < -0.4 is 21.0 Å². The fourth-order valence-corrected chi connectivity index (χ4v) is 4.30. The zero-order valence-corrected chi connectivity index (χ0v) is 19.6. The molecule has 0 unspecified atom stereocenters. The lowest BCUT2D eigenvalue weighted by Gasteiger charge is -2.37. The highest BCUT2D eigenvalue weighted by molar-refractivity contribution is 6.62. The number of aromatic nitrogens is 3. The lowest BCUT2D eigenvalue weighted by molar-refractivity contribution is 0.00578. The van der Waals surface area contributed by atoms with Crippen molar-refractivity contribution in [3.63, 3.8) is 0 Å². The first-order valence-corrected chi connectivity index (χ1v) is 11.4. The summed E-state index contributed by atoms with van der Waals surface area (Å²) >= 11 is 0. The van der Waals surface area contributed by atoms with Crippen LogP contribution in [-0.2, 0) is 9.31 Å². The molecular formula is C24H30BN5O3. The van der Waals surface area contributed by atoms with Crippen molar-refractivity contribution in [2.75, 3.05) is 36.0 Å². The van der Waals surface area contributed by atoms with E-state index in [1.807, 2.05) is 12.1 Å². The first kappa shape index (κ1) is 21.8. The number of hydrogen-bond donors (Lipinski definition) is 1. The van der Waals surface area contributed by atoms with Gasteiger partial charge < -0.3 is 19.1 Å². The topological polar surface area (TPSA) is 75.6 Å². The quantitative estimate of drug-likeness (QED) is 0.619. The summed E-state index contributed by atoms with van der Waals surface area (Å²) in [4.78, 5) is 16.5. The predicted octanol–water partition coefficient (Wildman–Crippen LogP) is 2.19. The van der Waals surface area contributed by atoms with Crippen LogP contribution in [0, 0.1) is 0 Å². The average Bonchev–Trinajstić information content (AvgIpc) is 3.33. The molecule has 2 aliphatic heterocycles. The maximum Gasteiger partial charge on any atom is 0.494 e. The van der Waals surface area contributed by atoms with Crippen LogP contribution >= 0.6 is 0 Å². The summed E-state index contributed by atoms with van der Waals surface area (Å²) in [5, 5.41) is 6.20. The maximum atomic E-state index is 11.7. The highest BCUT2D eigenvalue weighted by atomic mass is 16.7. The van der Waals surface area contributed by atoms with Crippen molar-refractivity contribution in [3.05, 3.63) is 65.3 Å². The molecule has 0 atom stereocenters. The van der Waals surface area contributed by atoms with E-state index in [2.05, 4.69) is 84.1 Å². The van der Waals surface area contributed by atoms with E-state index in [9.17, 15) is 4.79 Å². The van der Waals surface area contributed by atoms with E-state index in [1.165, 1.54) is 16.6 Å². The van der Waals surface area contributed by atoms with Crippen molar-refractivity contribution < 1.29 is 9.31 Å².